The summed E-state index contributed by atoms with van der Waals surface area (Å²) in [6.45, 7) is 8.63. The molecule has 3 heteroatoms. The summed E-state index contributed by atoms with van der Waals surface area (Å²) in [6.07, 6.45) is 0. The van der Waals surface area contributed by atoms with Crippen molar-refractivity contribution in [1.29, 1.82) is 0 Å². The molecule has 1 aromatic heterocycles. The van der Waals surface area contributed by atoms with Gasteiger partial charge in [0.15, 0.2) is 0 Å². The third-order valence-corrected chi connectivity index (χ3v) is 3.03. The van der Waals surface area contributed by atoms with E-state index >= 15 is 0 Å². The largest absolute Gasteiger partial charge is 0.494 e. The quantitative estimate of drug-likeness (QED) is 0.873. The molecule has 92 valence electrons. The van der Waals surface area contributed by atoms with Crippen LogP contribution in [0.5, 0.6) is 5.75 Å². The highest BCUT2D eigenvalue weighted by molar-refractivity contribution is 5.83. The van der Waals surface area contributed by atoms with Gasteiger partial charge in [-0.1, -0.05) is 27.7 Å². The van der Waals surface area contributed by atoms with E-state index in [4.69, 9.17) is 4.74 Å². The van der Waals surface area contributed by atoms with Crippen molar-refractivity contribution in [3.63, 3.8) is 0 Å². The smallest absolute Gasteiger partial charge is 0.146 e. The van der Waals surface area contributed by atoms with Gasteiger partial charge in [-0.2, -0.15) is 0 Å². The van der Waals surface area contributed by atoms with Gasteiger partial charge in [0.05, 0.1) is 12.6 Å². The van der Waals surface area contributed by atoms with E-state index < -0.39 is 0 Å². The van der Waals surface area contributed by atoms with Gasteiger partial charge in [-0.05, 0) is 23.6 Å². The van der Waals surface area contributed by atoms with E-state index in [9.17, 15) is 0 Å². The van der Waals surface area contributed by atoms with Gasteiger partial charge >= 0.3 is 0 Å². The Kier molecular flexibility index (Phi) is 3.09. The molecule has 0 aliphatic rings. The van der Waals surface area contributed by atoms with E-state index in [0.29, 0.717) is 11.8 Å². The van der Waals surface area contributed by atoms with Crippen LogP contribution in [0.4, 0.5) is 0 Å². The van der Waals surface area contributed by atoms with Crippen LogP contribution in [-0.4, -0.2) is 17.1 Å². The van der Waals surface area contributed by atoms with Crippen LogP contribution in [0, 0.1) is 0 Å². The van der Waals surface area contributed by atoms with Crippen LogP contribution in [0.15, 0.2) is 12.1 Å². The summed E-state index contributed by atoms with van der Waals surface area (Å²) in [6, 6.07) is 4.25. The topological polar surface area (TPSA) is 37.9 Å². The van der Waals surface area contributed by atoms with Crippen LogP contribution >= 0.6 is 0 Å². The van der Waals surface area contributed by atoms with Crippen molar-refractivity contribution in [2.24, 2.45) is 0 Å². The first-order valence-corrected chi connectivity index (χ1v) is 6.10. The van der Waals surface area contributed by atoms with E-state index in [0.717, 1.165) is 22.6 Å². The molecule has 2 aromatic rings. The van der Waals surface area contributed by atoms with Crippen LogP contribution < -0.4 is 4.74 Å². The Bertz CT molecular complexity index is 526. The number of ether oxygens (including phenoxy) is 1. The molecule has 0 saturated heterocycles. The zero-order valence-electron chi connectivity index (χ0n) is 11.2. The fourth-order valence-corrected chi connectivity index (χ4v) is 1.89. The van der Waals surface area contributed by atoms with Crippen molar-refractivity contribution in [2.75, 3.05) is 7.11 Å². The molecule has 1 N–H and O–H groups in total. The second-order valence-corrected chi connectivity index (χ2v) is 5.05. The minimum Gasteiger partial charge on any atom is -0.494 e. The van der Waals surface area contributed by atoms with Crippen LogP contribution in [0.1, 0.15) is 50.9 Å². The summed E-state index contributed by atoms with van der Waals surface area (Å²) in [5.41, 5.74) is 3.27. The van der Waals surface area contributed by atoms with Crippen molar-refractivity contribution in [3.05, 3.63) is 23.5 Å². The molecule has 1 aromatic carbocycles. The number of aromatic amines is 1. The molecule has 0 spiro atoms. The third kappa shape index (κ3) is 2.14. The number of H-pyrrole nitrogens is 1. The minimum absolute atomic E-state index is 0.398. The molecule has 0 unspecified atom stereocenters. The number of hydrogen-bond acceptors (Lipinski definition) is 2. The highest BCUT2D eigenvalue weighted by Gasteiger charge is 2.13. The van der Waals surface area contributed by atoms with Crippen LogP contribution in [0.2, 0.25) is 0 Å². The number of hydrogen-bond donors (Lipinski definition) is 1. The predicted octanol–water partition coefficient (Wildman–Crippen LogP) is 3.82. The summed E-state index contributed by atoms with van der Waals surface area (Å²) in [5.74, 6) is 2.75. The maximum Gasteiger partial charge on any atom is 0.146 e. The monoisotopic (exact) mass is 232 g/mol. The predicted molar refractivity (Wildman–Crippen MR) is 70.8 cm³/mol. The zero-order chi connectivity index (χ0) is 12.6. The molecule has 0 aliphatic carbocycles. The fourth-order valence-electron chi connectivity index (χ4n) is 1.89. The van der Waals surface area contributed by atoms with E-state index in [1.54, 1.807) is 7.11 Å². The van der Waals surface area contributed by atoms with E-state index in [1.807, 2.05) is 0 Å². The fraction of sp³-hybridized carbons (Fsp3) is 0.500. The van der Waals surface area contributed by atoms with Crippen molar-refractivity contribution in [2.45, 2.75) is 39.5 Å². The molecule has 0 saturated carbocycles. The number of rotatable bonds is 3. The molecule has 3 nitrogen and oxygen atoms in total. The summed E-state index contributed by atoms with van der Waals surface area (Å²) in [4.78, 5) is 7.98. The molecule has 0 radical (unpaired) electrons. The standard InChI is InChI=1S/C14H20N2O/c1-8(2)10-6-11-13(12(7-10)17-5)16-14(15-11)9(3)4/h6-9H,1-5H3,(H,15,16). The van der Waals surface area contributed by atoms with Crippen LogP contribution in [0.3, 0.4) is 0 Å². The number of imidazole rings is 1. The first-order chi connectivity index (χ1) is 8.02. The van der Waals surface area contributed by atoms with Crippen molar-refractivity contribution < 1.29 is 4.74 Å². The van der Waals surface area contributed by atoms with Gasteiger partial charge in [0, 0.05) is 5.92 Å². The van der Waals surface area contributed by atoms with Gasteiger partial charge in [0.25, 0.3) is 0 Å². The molecular formula is C14H20N2O. The molecule has 2 rings (SSSR count). The Morgan fingerprint density at radius 2 is 1.82 bits per heavy atom. The first-order valence-electron chi connectivity index (χ1n) is 6.10. The maximum absolute atomic E-state index is 5.43. The summed E-state index contributed by atoms with van der Waals surface area (Å²) < 4.78 is 5.43. The summed E-state index contributed by atoms with van der Waals surface area (Å²) in [7, 11) is 1.70. The molecular weight excluding hydrogens is 212 g/mol. The van der Waals surface area contributed by atoms with Crippen molar-refractivity contribution >= 4 is 11.0 Å². The normalized spacial score (nSPS) is 11.7. The van der Waals surface area contributed by atoms with Gasteiger partial charge < -0.3 is 9.72 Å². The lowest BCUT2D eigenvalue weighted by Crippen LogP contribution is -1.91. The lowest BCUT2D eigenvalue weighted by atomic mass is 10.0. The second-order valence-electron chi connectivity index (χ2n) is 5.05. The van der Waals surface area contributed by atoms with E-state index in [2.05, 4.69) is 49.8 Å². The maximum atomic E-state index is 5.43. The molecule has 0 aliphatic heterocycles. The number of methoxy groups -OCH3 is 1. The van der Waals surface area contributed by atoms with E-state index in [-0.39, 0.29) is 0 Å². The van der Waals surface area contributed by atoms with Crippen LogP contribution in [0.25, 0.3) is 11.0 Å². The Hall–Kier alpha value is -1.51. The Morgan fingerprint density at radius 3 is 2.35 bits per heavy atom. The van der Waals surface area contributed by atoms with Gasteiger partial charge in [0.2, 0.25) is 0 Å². The molecule has 0 fully saturated rings. The SMILES string of the molecule is COc1cc(C(C)C)cc2[nH]c(C(C)C)nc12. The minimum atomic E-state index is 0.398. The number of benzene rings is 1. The Morgan fingerprint density at radius 1 is 1.12 bits per heavy atom. The lowest BCUT2D eigenvalue weighted by Gasteiger charge is -2.08. The number of fused-ring (bicyclic) bond motifs is 1. The zero-order valence-corrected chi connectivity index (χ0v) is 11.2. The molecule has 0 amide bonds. The number of aromatic nitrogens is 2. The van der Waals surface area contributed by atoms with Crippen LogP contribution in [-0.2, 0) is 0 Å². The van der Waals surface area contributed by atoms with Crippen molar-refractivity contribution in [1.82, 2.24) is 9.97 Å². The van der Waals surface area contributed by atoms with E-state index in [1.165, 1.54) is 5.56 Å². The molecule has 0 bridgehead atoms. The average Bonchev–Trinajstić information content (AvgIpc) is 2.71. The van der Waals surface area contributed by atoms with Gasteiger partial charge in [-0.3, -0.25) is 0 Å². The lowest BCUT2D eigenvalue weighted by molar-refractivity contribution is 0.418. The summed E-state index contributed by atoms with van der Waals surface area (Å²) in [5, 5.41) is 0. The number of nitrogens with zero attached hydrogens (tertiary/aromatic N) is 1. The van der Waals surface area contributed by atoms with Gasteiger partial charge in [0.1, 0.15) is 17.1 Å². The van der Waals surface area contributed by atoms with Crippen molar-refractivity contribution in [3.8, 4) is 5.75 Å². The first kappa shape index (κ1) is 12.0. The third-order valence-electron chi connectivity index (χ3n) is 3.03. The Balaban J connectivity index is 2.65. The highest BCUT2D eigenvalue weighted by Crippen LogP contribution is 2.30. The number of nitrogens with one attached hydrogen (secondary N) is 1. The summed E-state index contributed by atoms with van der Waals surface area (Å²) >= 11 is 0. The average molecular weight is 232 g/mol. The second kappa shape index (κ2) is 4.40. The molecule has 17 heavy (non-hydrogen) atoms. The van der Waals surface area contributed by atoms with Gasteiger partial charge in [-0.15, -0.1) is 0 Å². The molecule has 1 heterocycles. The molecule has 0 atom stereocenters. The van der Waals surface area contributed by atoms with Gasteiger partial charge in [-0.25, -0.2) is 4.98 Å². The highest BCUT2D eigenvalue weighted by atomic mass is 16.5. The Labute approximate surface area is 102 Å².